The van der Waals surface area contributed by atoms with Crippen LogP contribution in [0.2, 0.25) is 0 Å². The van der Waals surface area contributed by atoms with Crippen molar-refractivity contribution >= 4 is 5.91 Å². The normalized spacial score (nSPS) is 16.2. The smallest absolute Gasteiger partial charge is 0.240 e. The molecule has 1 atom stereocenters. The fourth-order valence-corrected chi connectivity index (χ4v) is 1.99. The molecule has 1 aromatic carbocycles. The van der Waals surface area contributed by atoms with Crippen LogP contribution in [0.15, 0.2) is 18.2 Å². The lowest BCUT2D eigenvalue weighted by atomic mass is 10.1. The summed E-state index contributed by atoms with van der Waals surface area (Å²) in [6.45, 7) is 2.00. The van der Waals surface area contributed by atoms with E-state index in [2.05, 4.69) is 0 Å². The molecule has 5 heteroatoms. The van der Waals surface area contributed by atoms with Crippen LogP contribution >= 0.6 is 0 Å². The molecule has 0 spiro atoms. The summed E-state index contributed by atoms with van der Waals surface area (Å²) in [5, 5.41) is 0. The number of nitrogens with zero attached hydrogens (tertiary/aromatic N) is 1. The highest BCUT2D eigenvalue weighted by Gasteiger charge is 2.34. The molecule has 0 aliphatic heterocycles. The van der Waals surface area contributed by atoms with E-state index in [1.165, 1.54) is 12.1 Å². The Morgan fingerprint density at radius 3 is 2.68 bits per heavy atom. The number of benzene rings is 1. The monoisotopic (exact) mass is 268 g/mol. The van der Waals surface area contributed by atoms with E-state index in [9.17, 15) is 13.6 Å². The van der Waals surface area contributed by atoms with Gasteiger partial charge in [0.15, 0.2) is 0 Å². The Bertz CT molecular complexity index is 475. The molecule has 2 N–H and O–H groups in total. The first kappa shape index (κ1) is 13.9. The van der Waals surface area contributed by atoms with Crippen LogP contribution in [0, 0.1) is 11.6 Å². The lowest BCUT2D eigenvalue weighted by molar-refractivity contribution is -0.133. The zero-order valence-electron chi connectivity index (χ0n) is 10.9. The molecule has 0 radical (unpaired) electrons. The van der Waals surface area contributed by atoms with Crippen molar-refractivity contribution in [3.05, 3.63) is 35.4 Å². The zero-order valence-corrected chi connectivity index (χ0v) is 10.9. The van der Waals surface area contributed by atoms with Gasteiger partial charge >= 0.3 is 0 Å². The van der Waals surface area contributed by atoms with Crippen molar-refractivity contribution in [1.29, 1.82) is 0 Å². The van der Waals surface area contributed by atoms with Gasteiger partial charge in [-0.25, -0.2) is 8.78 Å². The first-order chi connectivity index (χ1) is 9.02. The van der Waals surface area contributed by atoms with E-state index in [1.807, 2.05) is 6.92 Å². The van der Waals surface area contributed by atoms with E-state index in [-0.39, 0.29) is 18.5 Å². The van der Waals surface area contributed by atoms with E-state index in [0.29, 0.717) is 12.0 Å². The predicted molar refractivity (Wildman–Crippen MR) is 68.2 cm³/mol. The maximum absolute atomic E-state index is 13.6. The third kappa shape index (κ3) is 3.29. The number of carbonyl (C=O) groups excluding carboxylic acids is 1. The Hall–Kier alpha value is -1.49. The number of nitrogens with two attached hydrogens (primary N) is 1. The van der Waals surface area contributed by atoms with Crippen molar-refractivity contribution in [3.63, 3.8) is 0 Å². The van der Waals surface area contributed by atoms with Gasteiger partial charge in [-0.05, 0) is 25.3 Å². The molecule has 1 fully saturated rings. The summed E-state index contributed by atoms with van der Waals surface area (Å²) in [6.07, 6.45) is 2.39. The summed E-state index contributed by atoms with van der Waals surface area (Å²) in [4.78, 5) is 13.8. The van der Waals surface area contributed by atoms with Gasteiger partial charge in [0.05, 0.1) is 6.04 Å². The Kier molecular flexibility index (Phi) is 4.14. The number of amides is 1. The Morgan fingerprint density at radius 2 is 2.16 bits per heavy atom. The van der Waals surface area contributed by atoms with Crippen LogP contribution < -0.4 is 5.73 Å². The van der Waals surface area contributed by atoms with Gasteiger partial charge in [0.25, 0.3) is 0 Å². The number of hydrogen-bond acceptors (Lipinski definition) is 2. The van der Waals surface area contributed by atoms with Gasteiger partial charge in [0.1, 0.15) is 11.6 Å². The number of carbonyl (C=O) groups is 1. The second kappa shape index (κ2) is 5.65. The highest BCUT2D eigenvalue weighted by Crippen LogP contribution is 2.29. The molecule has 1 amide bonds. The highest BCUT2D eigenvalue weighted by atomic mass is 19.1. The molecule has 1 aliphatic rings. The summed E-state index contributed by atoms with van der Waals surface area (Å²) >= 11 is 0. The maximum Gasteiger partial charge on any atom is 0.240 e. The minimum absolute atomic E-state index is 0.148. The van der Waals surface area contributed by atoms with E-state index in [1.54, 1.807) is 4.90 Å². The van der Waals surface area contributed by atoms with Crippen LogP contribution in [0.4, 0.5) is 8.78 Å². The molecule has 104 valence electrons. The van der Waals surface area contributed by atoms with Gasteiger partial charge in [0, 0.05) is 24.2 Å². The molecule has 1 aromatic rings. The van der Waals surface area contributed by atoms with Gasteiger partial charge in [-0.2, -0.15) is 0 Å². The first-order valence-electron chi connectivity index (χ1n) is 6.53. The fourth-order valence-electron chi connectivity index (χ4n) is 1.99. The summed E-state index contributed by atoms with van der Waals surface area (Å²) in [7, 11) is 0. The van der Waals surface area contributed by atoms with Crippen LogP contribution in [0.5, 0.6) is 0 Å². The standard InChI is InChI=1S/C14H18F2N2O/c1-2-13(17)14(19)18(11-5-6-11)8-9-3-4-10(15)7-12(9)16/h3-4,7,11,13H,2,5-6,8,17H2,1H3/t13-/m1/s1. The molecule has 0 unspecified atom stereocenters. The van der Waals surface area contributed by atoms with Crippen molar-refractivity contribution < 1.29 is 13.6 Å². The van der Waals surface area contributed by atoms with E-state index < -0.39 is 17.7 Å². The van der Waals surface area contributed by atoms with Crippen molar-refractivity contribution in [3.8, 4) is 0 Å². The average Bonchev–Trinajstić information content (AvgIpc) is 3.20. The molecule has 0 bridgehead atoms. The van der Waals surface area contributed by atoms with Gasteiger partial charge in [-0.1, -0.05) is 13.0 Å². The van der Waals surface area contributed by atoms with Crippen molar-refractivity contribution in [2.45, 2.75) is 44.8 Å². The quantitative estimate of drug-likeness (QED) is 0.889. The molecule has 0 saturated heterocycles. The molecule has 0 aromatic heterocycles. The van der Waals surface area contributed by atoms with Crippen LogP contribution in [0.3, 0.4) is 0 Å². The topological polar surface area (TPSA) is 46.3 Å². The fraction of sp³-hybridized carbons (Fsp3) is 0.500. The zero-order chi connectivity index (χ0) is 14.0. The summed E-state index contributed by atoms with van der Waals surface area (Å²) in [6, 6.07) is 3.02. The third-order valence-corrected chi connectivity index (χ3v) is 3.38. The molecular weight excluding hydrogens is 250 g/mol. The molecule has 1 saturated carbocycles. The number of hydrogen-bond donors (Lipinski definition) is 1. The molecule has 19 heavy (non-hydrogen) atoms. The molecule has 1 aliphatic carbocycles. The highest BCUT2D eigenvalue weighted by molar-refractivity contribution is 5.82. The van der Waals surface area contributed by atoms with Crippen LogP contribution in [0.1, 0.15) is 31.7 Å². The SMILES string of the molecule is CC[C@@H](N)C(=O)N(Cc1ccc(F)cc1F)C1CC1. The largest absolute Gasteiger partial charge is 0.334 e. The van der Waals surface area contributed by atoms with E-state index >= 15 is 0 Å². The van der Waals surface area contributed by atoms with Crippen molar-refractivity contribution in [1.82, 2.24) is 4.90 Å². The second-order valence-electron chi connectivity index (χ2n) is 4.95. The Balaban J connectivity index is 2.14. The number of rotatable bonds is 5. The van der Waals surface area contributed by atoms with Crippen LogP contribution in [0.25, 0.3) is 0 Å². The molecule has 3 nitrogen and oxygen atoms in total. The van der Waals surface area contributed by atoms with E-state index in [0.717, 1.165) is 18.9 Å². The van der Waals surface area contributed by atoms with Crippen molar-refractivity contribution in [2.75, 3.05) is 0 Å². The Morgan fingerprint density at radius 1 is 1.47 bits per heavy atom. The predicted octanol–water partition coefficient (Wildman–Crippen LogP) is 2.19. The minimum atomic E-state index is -0.622. The summed E-state index contributed by atoms with van der Waals surface area (Å²) in [5.74, 6) is -1.40. The van der Waals surface area contributed by atoms with Crippen molar-refractivity contribution in [2.24, 2.45) is 5.73 Å². The second-order valence-corrected chi connectivity index (χ2v) is 4.95. The molecule has 0 heterocycles. The summed E-state index contributed by atoms with van der Waals surface area (Å²) < 4.78 is 26.5. The molecule has 2 rings (SSSR count). The maximum atomic E-state index is 13.6. The summed E-state index contributed by atoms with van der Waals surface area (Å²) in [5.41, 5.74) is 6.08. The Labute approximate surface area is 111 Å². The number of halogens is 2. The van der Waals surface area contributed by atoms with Crippen LogP contribution in [-0.4, -0.2) is 22.9 Å². The molecular formula is C14H18F2N2O. The van der Waals surface area contributed by atoms with Gasteiger partial charge < -0.3 is 10.6 Å². The van der Waals surface area contributed by atoms with Gasteiger partial charge in [0.2, 0.25) is 5.91 Å². The first-order valence-corrected chi connectivity index (χ1v) is 6.53. The van der Waals surface area contributed by atoms with Crippen LogP contribution in [-0.2, 0) is 11.3 Å². The third-order valence-electron chi connectivity index (χ3n) is 3.38. The average molecular weight is 268 g/mol. The lowest BCUT2D eigenvalue weighted by Gasteiger charge is -2.25. The minimum Gasteiger partial charge on any atom is -0.334 e. The van der Waals surface area contributed by atoms with Gasteiger partial charge in [-0.3, -0.25) is 4.79 Å². The lowest BCUT2D eigenvalue weighted by Crippen LogP contribution is -2.44. The van der Waals surface area contributed by atoms with E-state index in [4.69, 9.17) is 5.73 Å². The van der Waals surface area contributed by atoms with Gasteiger partial charge in [-0.15, -0.1) is 0 Å².